The largest absolute Gasteiger partial charge is 0.488 e. The number of nitrogens with zero attached hydrogens (tertiary/aromatic N) is 3. The fourth-order valence-electron chi connectivity index (χ4n) is 2.36. The van der Waals surface area contributed by atoms with Crippen LogP contribution in [0.2, 0.25) is 0 Å². The van der Waals surface area contributed by atoms with E-state index < -0.39 is 0 Å². The van der Waals surface area contributed by atoms with Crippen LogP contribution in [0.5, 0.6) is 5.75 Å². The predicted molar refractivity (Wildman–Crippen MR) is 102 cm³/mol. The van der Waals surface area contributed by atoms with Crippen molar-refractivity contribution in [3.8, 4) is 5.75 Å². The Hall–Kier alpha value is -2.73. The van der Waals surface area contributed by atoms with Crippen LogP contribution in [0.4, 0.5) is 0 Å². The van der Waals surface area contributed by atoms with Crippen LogP contribution in [-0.2, 0) is 6.61 Å². The van der Waals surface area contributed by atoms with Gasteiger partial charge in [-0.15, -0.1) is 0 Å². The third-order valence-corrected chi connectivity index (χ3v) is 3.92. The van der Waals surface area contributed by atoms with Gasteiger partial charge >= 0.3 is 0 Å². The highest BCUT2D eigenvalue weighted by molar-refractivity contribution is 7.71. The van der Waals surface area contributed by atoms with E-state index in [-0.39, 0.29) is 5.92 Å². The molecule has 0 unspecified atom stereocenters. The molecule has 2 aromatic carbocycles. The summed E-state index contributed by atoms with van der Waals surface area (Å²) < 4.78 is 8.07. The minimum absolute atomic E-state index is 0.217. The number of aromatic amines is 1. The monoisotopic (exact) mass is 352 g/mol. The van der Waals surface area contributed by atoms with Gasteiger partial charge in [0.1, 0.15) is 12.4 Å². The first kappa shape index (κ1) is 17.1. The SMILES string of the molecule is CC(C)c1n[nH]c(=S)n1/N=C\c1ccccc1OCc1ccccc1. The van der Waals surface area contributed by atoms with E-state index in [1.165, 1.54) is 0 Å². The van der Waals surface area contributed by atoms with Crippen LogP contribution in [0.25, 0.3) is 0 Å². The molecule has 0 saturated carbocycles. The molecule has 1 aromatic heterocycles. The Labute approximate surface area is 152 Å². The van der Waals surface area contributed by atoms with Gasteiger partial charge < -0.3 is 4.74 Å². The average molecular weight is 352 g/mol. The molecule has 128 valence electrons. The minimum atomic E-state index is 0.217. The molecule has 3 aromatic rings. The van der Waals surface area contributed by atoms with Crippen molar-refractivity contribution in [1.82, 2.24) is 14.9 Å². The molecule has 25 heavy (non-hydrogen) atoms. The maximum atomic E-state index is 5.95. The summed E-state index contributed by atoms with van der Waals surface area (Å²) in [5, 5.41) is 11.5. The summed E-state index contributed by atoms with van der Waals surface area (Å²) in [4.78, 5) is 0. The fraction of sp³-hybridized carbons (Fsp3) is 0.211. The van der Waals surface area contributed by atoms with Gasteiger partial charge in [-0.05, 0) is 29.9 Å². The normalized spacial score (nSPS) is 11.3. The standard InChI is InChI=1S/C19H20N4OS/c1-14(2)18-21-22-19(25)23(18)20-12-16-10-6-7-11-17(16)24-13-15-8-4-3-5-9-15/h3-12,14H,13H2,1-2H3,(H,22,25)/b20-12-. The van der Waals surface area contributed by atoms with Crippen molar-refractivity contribution in [2.24, 2.45) is 5.10 Å². The fourth-order valence-corrected chi connectivity index (χ4v) is 2.55. The smallest absolute Gasteiger partial charge is 0.216 e. The molecule has 0 bridgehead atoms. The summed E-state index contributed by atoms with van der Waals surface area (Å²) in [6.45, 7) is 4.61. The highest BCUT2D eigenvalue weighted by Gasteiger charge is 2.09. The molecule has 0 aliphatic carbocycles. The topological polar surface area (TPSA) is 55.2 Å². The second kappa shape index (κ2) is 7.90. The van der Waals surface area contributed by atoms with Crippen LogP contribution in [0.15, 0.2) is 59.7 Å². The lowest BCUT2D eigenvalue weighted by atomic mass is 10.2. The molecule has 5 nitrogen and oxygen atoms in total. The number of rotatable bonds is 6. The third-order valence-electron chi connectivity index (χ3n) is 3.66. The van der Waals surface area contributed by atoms with Crippen molar-refractivity contribution in [3.05, 3.63) is 76.3 Å². The highest BCUT2D eigenvalue weighted by atomic mass is 32.1. The molecule has 0 spiro atoms. The molecule has 0 atom stereocenters. The van der Waals surface area contributed by atoms with Crippen LogP contribution < -0.4 is 4.74 Å². The Morgan fingerprint density at radius 3 is 2.64 bits per heavy atom. The first-order valence-corrected chi connectivity index (χ1v) is 8.53. The van der Waals surface area contributed by atoms with Crippen LogP contribution in [0.3, 0.4) is 0 Å². The zero-order valence-electron chi connectivity index (χ0n) is 14.2. The van der Waals surface area contributed by atoms with Crippen molar-refractivity contribution < 1.29 is 4.74 Å². The molecule has 6 heteroatoms. The average Bonchev–Trinajstić information content (AvgIpc) is 3.00. The van der Waals surface area contributed by atoms with Crippen molar-refractivity contribution in [2.45, 2.75) is 26.4 Å². The number of benzene rings is 2. The zero-order chi connectivity index (χ0) is 17.6. The molecule has 0 aliphatic heterocycles. The van der Waals surface area contributed by atoms with Crippen LogP contribution in [0, 0.1) is 4.77 Å². The number of para-hydroxylation sites is 1. The van der Waals surface area contributed by atoms with E-state index in [0.29, 0.717) is 11.4 Å². The zero-order valence-corrected chi connectivity index (χ0v) is 15.0. The Bertz CT molecular complexity index is 912. The quantitative estimate of drug-likeness (QED) is 0.524. The highest BCUT2D eigenvalue weighted by Crippen LogP contribution is 2.18. The van der Waals surface area contributed by atoms with E-state index in [0.717, 1.165) is 22.7 Å². The molecule has 0 fully saturated rings. The predicted octanol–water partition coefficient (Wildman–Crippen LogP) is 4.53. The molecule has 0 aliphatic rings. The van der Waals surface area contributed by atoms with E-state index in [2.05, 4.69) is 15.3 Å². The van der Waals surface area contributed by atoms with Gasteiger partial charge in [0.25, 0.3) is 0 Å². The van der Waals surface area contributed by atoms with E-state index in [1.807, 2.05) is 68.4 Å². The first-order valence-electron chi connectivity index (χ1n) is 8.12. The van der Waals surface area contributed by atoms with Crippen molar-refractivity contribution in [2.75, 3.05) is 0 Å². The molecule has 0 amide bonds. The maximum absolute atomic E-state index is 5.95. The lowest BCUT2D eigenvalue weighted by Gasteiger charge is -2.09. The van der Waals surface area contributed by atoms with Crippen LogP contribution >= 0.6 is 12.2 Å². The van der Waals surface area contributed by atoms with E-state index in [9.17, 15) is 0 Å². The first-order chi connectivity index (χ1) is 12.1. The Morgan fingerprint density at radius 1 is 1.16 bits per heavy atom. The molecule has 1 heterocycles. The molecular weight excluding hydrogens is 332 g/mol. The number of aromatic nitrogens is 3. The Kier molecular flexibility index (Phi) is 5.40. The van der Waals surface area contributed by atoms with Crippen LogP contribution in [0.1, 0.15) is 36.7 Å². The minimum Gasteiger partial charge on any atom is -0.488 e. The molecule has 0 radical (unpaired) electrons. The van der Waals surface area contributed by atoms with E-state index in [4.69, 9.17) is 17.0 Å². The second-order valence-corrected chi connectivity index (χ2v) is 6.30. The Morgan fingerprint density at radius 2 is 1.88 bits per heavy atom. The maximum Gasteiger partial charge on any atom is 0.216 e. The third kappa shape index (κ3) is 4.22. The number of hydrogen-bond donors (Lipinski definition) is 1. The van der Waals surface area contributed by atoms with Gasteiger partial charge in [-0.25, -0.2) is 0 Å². The Balaban J connectivity index is 1.82. The lowest BCUT2D eigenvalue weighted by Crippen LogP contribution is -2.02. The molecule has 3 rings (SSSR count). The molecule has 0 saturated heterocycles. The summed E-state index contributed by atoms with van der Waals surface area (Å²) in [7, 11) is 0. The second-order valence-electron chi connectivity index (χ2n) is 5.91. The van der Waals surface area contributed by atoms with Crippen molar-refractivity contribution in [3.63, 3.8) is 0 Å². The number of nitrogens with one attached hydrogen (secondary N) is 1. The number of H-pyrrole nitrogens is 1. The van der Waals surface area contributed by atoms with Gasteiger partial charge in [0.05, 0.1) is 6.21 Å². The van der Waals surface area contributed by atoms with Crippen molar-refractivity contribution in [1.29, 1.82) is 0 Å². The van der Waals surface area contributed by atoms with Gasteiger partial charge in [-0.2, -0.15) is 14.9 Å². The van der Waals surface area contributed by atoms with Crippen LogP contribution in [-0.4, -0.2) is 21.1 Å². The summed E-state index contributed by atoms with van der Waals surface area (Å²) in [5.41, 5.74) is 2.00. The summed E-state index contributed by atoms with van der Waals surface area (Å²) in [5.74, 6) is 1.79. The van der Waals surface area contributed by atoms with Gasteiger partial charge in [-0.3, -0.25) is 5.10 Å². The van der Waals surface area contributed by atoms with E-state index in [1.54, 1.807) is 10.9 Å². The molecular formula is C19H20N4OS. The van der Waals surface area contributed by atoms with Gasteiger partial charge in [0, 0.05) is 11.5 Å². The number of ether oxygens (including phenoxy) is 1. The number of hydrogen-bond acceptors (Lipinski definition) is 4. The van der Waals surface area contributed by atoms with Gasteiger partial charge in [-0.1, -0.05) is 56.3 Å². The van der Waals surface area contributed by atoms with Gasteiger partial charge in [0.15, 0.2) is 5.82 Å². The summed E-state index contributed by atoms with van der Waals surface area (Å²) in [6.07, 6.45) is 1.75. The lowest BCUT2D eigenvalue weighted by molar-refractivity contribution is 0.306. The summed E-state index contributed by atoms with van der Waals surface area (Å²) >= 11 is 5.26. The summed E-state index contributed by atoms with van der Waals surface area (Å²) in [6, 6.07) is 17.9. The van der Waals surface area contributed by atoms with E-state index >= 15 is 0 Å². The van der Waals surface area contributed by atoms with Gasteiger partial charge in [0.2, 0.25) is 4.77 Å². The molecule has 1 N–H and O–H groups in total. The van der Waals surface area contributed by atoms with Crippen molar-refractivity contribution >= 4 is 18.4 Å².